The average Bonchev–Trinajstić information content (AvgIpc) is 2.82. The second-order valence-corrected chi connectivity index (χ2v) is 4.19. The Kier molecular flexibility index (Phi) is 4.01. The lowest BCUT2D eigenvalue weighted by molar-refractivity contribution is 0.463. The van der Waals surface area contributed by atoms with Gasteiger partial charge < -0.3 is 15.0 Å². The monoisotopic (exact) mass is 251 g/mol. The molecule has 0 unspecified atom stereocenters. The van der Waals surface area contributed by atoms with Gasteiger partial charge in [0.25, 0.3) is 0 Å². The first-order valence-electron chi connectivity index (χ1n) is 5.39. The molecular weight excluding hydrogens is 238 g/mol. The van der Waals surface area contributed by atoms with Crippen LogP contribution in [0.5, 0.6) is 5.75 Å². The number of imidazole rings is 1. The molecule has 0 spiro atoms. The molecule has 90 valence electrons. The molecule has 2 rings (SSSR count). The van der Waals surface area contributed by atoms with E-state index in [2.05, 4.69) is 10.3 Å². The van der Waals surface area contributed by atoms with Crippen LogP contribution in [0.3, 0.4) is 0 Å². The Morgan fingerprint density at radius 1 is 1.41 bits per heavy atom. The SMILES string of the molecule is Oc1ccc(Cl)cc1CNCCn1ccnc1. The van der Waals surface area contributed by atoms with E-state index in [9.17, 15) is 5.11 Å². The van der Waals surface area contributed by atoms with E-state index in [-0.39, 0.29) is 5.75 Å². The summed E-state index contributed by atoms with van der Waals surface area (Å²) in [5, 5.41) is 13.5. The topological polar surface area (TPSA) is 50.1 Å². The van der Waals surface area contributed by atoms with Gasteiger partial charge >= 0.3 is 0 Å². The largest absolute Gasteiger partial charge is 0.508 e. The normalized spacial score (nSPS) is 10.6. The van der Waals surface area contributed by atoms with E-state index in [1.165, 1.54) is 0 Å². The second-order valence-electron chi connectivity index (χ2n) is 3.75. The van der Waals surface area contributed by atoms with Crippen LogP contribution in [0.4, 0.5) is 0 Å². The highest BCUT2D eigenvalue weighted by Gasteiger charge is 2.01. The quantitative estimate of drug-likeness (QED) is 0.800. The van der Waals surface area contributed by atoms with Crippen molar-refractivity contribution >= 4 is 11.6 Å². The highest BCUT2D eigenvalue weighted by Crippen LogP contribution is 2.20. The summed E-state index contributed by atoms with van der Waals surface area (Å²) in [6.07, 6.45) is 5.44. The third-order valence-electron chi connectivity index (χ3n) is 2.46. The van der Waals surface area contributed by atoms with Gasteiger partial charge in [-0.15, -0.1) is 0 Å². The molecule has 0 fully saturated rings. The minimum atomic E-state index is 0.268. The number of nitrogens with one attached hydrogen (secondary N) is 1. The van der Waals surface area contributed by atoms with Gasteiger partial charge in [0.05, 0.1) is 6.33 Å². The molecule has 5 heteroatoms. The van der Waals surface area contributed by atoms with Gasteiger partial charge in [-0.05, 0) is 18.2 Å². The smallest absolute Gasteiger partial charge is 0.120 e. The fourth-order valence-corrected chi connectivity index (χ4v) is 1.74. The van der Waals surface area contributed by atoms with Crippen molar-refractivity contribution in [1.29, 1.82) is 0 Å². The highest BCUT2D eigenvalue weighted by atomic mass is 35.5. The van der Waals surface area contributed by atoms with Crippen LogP contribution in [0, 0.1) is 0 Å². The maximum atomic E-state index is 9.60. The molecule has 1 aromatic heterocycles. The molecule has 0 aliphatic carbocycles. The Bertz CT molecular complexity index is 471. The molecule has 0 amide bonds. The molecule has 0 aliphatic rings. The van der Waals surface area contributed by atoms with Crippen molar-refractivity contribution in [2.24, 2.45) is 0 Å². The van der Waals surface area contributed by atoms with Gasteiger partial charge in [-0.1, -0.05) is 11.6 Å². The summed E-state index contributed by atoms with van der Waals surface area (Å²) in [5.74, 6) is 0.268. The zero-order chi connectivity index (χ0) is 12.1. The number of halogens is 1. The Labute approximate surface area is 105 Å². The van der Waals surface area contributed by atoms with Gasteiger partial charge in [0.1, 0.15) is 5.75 Å². The Hall–Kier alpha value is -1.52. The number of hydrogen-bond donors (Lipinski definition) is 2. The second kappa shape index (κ2) is 5.70. The van der Waals surface area contributed by atoms with E-state index in [0.717, 1.165) is 18.7 Å². The summed E-state index contributed by atoms with van der Waals surface area (Å²) in [4.78, 5) is 3.96. The van der Waals surface area contributed by atoms with Crippen molar-refractivity contribution < 1.29 is 5.11 Å². The van der Waals surface area contributed by atoms with Crippen molar-refractivity contribution in [2.45, 2.75) is 13.1 Å². The molecule has 0 saturated carbocycles. The van der Waals surface area contributed by atoms with Crippen LogP contribution in [0.25, 0.3) is 0 Å². The van der Waals surface area contributed by atoms with Crippen LogP contribution in [-0.4, -0.2) is 21.2 Å². The van der Waals surface area contributed by atoms with Crippen molar-refractivity contribution in [1.82, 2.24) is 14.9 Å². The number of phenolic OH excluding ortho intramolecular Hbond substituents is 1. The molecular formula is C12H14ClN3O. The highest BCUT2D eigenvalue weighted by molar-refractivity contribution is 6.30. The molecule has 0 bridgehead atoms. The van der Waals surface area contributed by atoms with Crippen LogP contribution in [0.15, 0.2) is 36.9 Å². The summed E-state index contributed by atoms with van der Waals surface area (Å²) in [6, 6.07) is 5.04. The van der Waals surface area contributed by atoms with Gasteiger partial charge in [0.2, 0.25) is 0 Å². The van der Waals surface area contributed by atoms with E-state index < -0.39 is 0 Å². The lowest BCUT2D eigenvalue weighted by atomic mass is 10.2. The fourth-order valence-electron chi connectivity index (χ4n) is 1.55. The molecule has 0 atom stereocenters. The van der Waals surface area contributed by atoms with Crippen molar-refractivity contribution in [3.63, 3.8) is 0 Å². The first-order valence-corrected chi connectivity index (χ1v) is 5.77. The summed E-state index contributed by atoms with van der Waals surface area (Å²) >= 11 is 5.86. The van der Waals surface area contributed by atoms with E-state index in [1.54, 1.807) is 30.7 Å². The van der Waals surface area contributed by atoms with Gasteiger partial charge in [-0.3, -0.25) is 0 Å². The maximum absolute atomic E-state index is 9.60. The maximum Gasteiger partial charge on any atom is 0.120 e. The Morgan fingerprint density at radius 2 is 2.29 bits per heavy atom. The van der Waals surface area contributed by atoms with Crippen molar-refractivity contribution in [3.05, 3.63) is 47.5 Å². The Morgan fingerprint density at radius 3 is 3.06 bits per heavy atom. The number of aromatic hydroxyl groups is 1. The fraction of sp³-hybridized carbons (Fsp3) is 0.250. The lowest BCUT2D eigenvalue weighted by Crippen LogP contribution is -2.19. The summed E-state index contributed by atoms with van der Waals surface area (Å²) in [6.45, 7) is 2.25. The number of phenols is 1. The van der Waals surface area contributed by atoms with E-state index in [4.69, 9.17) is 11.6 Å². The van der Waals surface area contributed by atoms with E-state index in [0.29, 0.717) is 11.6 Å². The number of nitrogens with zero attached hydrogens (tertiary/aromatic N) is 2. The van der Waals surface area contributed by atoms with Crippen molar-refractivity contribution in [2.75, 3.05) is 6.54 Å². The minimum absolute atomic E-state index is 0.268. The summed E-state index contributed by atoms with van der Waals surface area (Å²) in [7, 11) is 0. The summed E-state index contributed by atoms with van der Waals surface area (Å²) in [5.41, 5.74) is 0.808. The minimum Gasteiger partial charge on any atom is -0.508 e. The molecule has 0 aliphatic heterocycles. The molecule has 4 nitrogen and oxygen atoms in total. The van der Waals surface area contributed by atoms with E-state index in [1.807, 2.05) is 10.8 Å². The molecule has 17 heavy (non-hydrogen) atoms. The molecule has 1 heterocycles. The number of rotatable bonds is 5. The zero-order valence-electron chi connectivity index (χ0n) is 9.31. The predicted octanol–water partition coefficient (Wildman–Crippen LogP) is 2.03. The van der Waals surface area contributed by atoms with Crippen LogP contribution >= 0.6 is 11.6 Å². The van der Waals surface area contributed by atoms with Crippen LogP contribution < -0.4 is 5.32 Å². The molecule has 0 saturated heterocycles. The molecule has 1 aromatic carbocycles. The van der Waals surface area contributed by atoms with Gasteiger partial charge in [-0.2, -0.15) is 0 Å². The van der Waals surface area contributed by atoms with Crippen molar-refractivity contribution in [3.8, 4) is 5.75 Å². The predicted molar refractivity (Wildman–Crippen MR) is 67.1 cm³/mol. The first kappa shape index (κ1) is 12.0. The van der Waals surface area contributed by atoms with Gasteiger partial charge in [0, 0.05) is 42.6 Å². The molecule has 2 N–H and O–H groups in total. The zero-order valence-corrected chi connectivity index (χ0v) is 10.1. The lowest BCUT2D eigenvalue weighted by Gasteiger charge is -2.07. The average molecular weight is 252 g/mol. The standard InChI is InChI=1S/C12H14ClN3O/c13-11-1-2-12(17)10(7-11)8-14-3-5-16-6-4-15-9-16/h1-2,4,6-7,9,14,17H,3,5,8H2. The van der Waals surface area contributed by atoms with Crippen LogP contribution in [-0.2, 0) is 13.1 Å². The molecule has 0 radical (unpaired) electrons. The first-order chi connectivity index (χ1) is 8.25. The van der Waals surface area contributed by atoms with Crippen LogP contribution in [0.2, 0.25) is 5.02 Å². The van der Waals surface area contributed by atoms with Crippen LogP contribution in [0.1, 0.15) is 5.56 Å². The summed E-state index contributed by atoms with van der Waals surface area (Å²) < 4.78 is 1.99. The third kappa shape index (κ3) is 3.47. The van der Waals surface area contributed by atoms with Gasteiger partial charge in [0.15, 0.2) is 0 Å². The molecule has 2 aromatic rings. The number of aromatic nitrogens is 2. The van der Waals surface area contributed by atoms with E-state index >= 15 is 0 Å². The third-order valence-corrected chi connectivity index (χ3v) is 2.70. The number of benzene rings is 1. The van der Waals surface area contributed by atoms with Gasteiger partial charge in [-0.25, -0.2) is 4.98 Å². The Balaban J connectivity index is 1.80. The number of hydrogen-bond acceptors (Lipinski definition) is 3.